The first-order valence-electron chi connectivity index (χ1n) is 6.42. The highest BCUT2D eigenvalue weighted by molar-refractivity contribution is 5.75. The molecule has 1 aliphatic carbocycles. The van der Waals surface area contributed by atoms with Crippen LogP contribution in [0.5, 0.6) is 0 Å². The lowest BCUT2D eigenvalue weighted by Gasteiger charge is -2.29. The summed E-state index contributed by atoms with van der Waals surface area (Å²) in [5, 5.41) is 0. The Morgan fingerprint density at radius 2 is 1.71 bits per heavy atom. The summed E-state index contributed by atoms with van der Waals surface area (Å²) in [5.74, 6) is 0.664. The third-order valence-corrected chi connectivity index (χ3v) is 3.60. The van der Waals surface area contributed by atoms with Crippen LogP contribution in [-0.2, 0) is 0 Å². The second-order valence-corrected chi connectivity index (χ2v) is 6.09. The largest absolute Gasteiger partial charge is 0.0800 e. The van der Waals surface area contributed by atoms with Crippen LogP contribution in [0.1, 0.15) is 38.3 Å². The van der Waals surface area contributed by atoms with Gasteiger partial charge >= 0.3 is 0 Å². The van der Waals surface area contributed by atoms with Crippen molar-refractivity contribution in [3.05, 3.63) is 53.6 Å². The maximum Gasteiger partial charge on any atom is -0.0147 e. The maximum absolute atomic E-state index is 2.38. The van der Waals surface area contributed by atoms with Crippen LogP contribution in [0.4, 0.5) is 0 Å². The number of hydrogen-bond acceptors (Lipinski definition) is 0. The van der Waals surface area contributed by atoms with Crippen molar-refractivity contribution in [3.63, 3.8) is 0 Å². The van der Waals surface area contributed by atoms with E-state index in [1.54, 1.807) is 0 Å². The van der Waals surface area contributed by atoms with Gasteiger partial charge in [-0.05, 0) is 35.8 Å². The van der Waals surface area contributed by atoms with Gasteiger partial charge in [-0.1, -0.05) is 68.8 Å². The molecule has 0 bridgehead atoms. The van der Waals surface area contributed by atoms with E-state index in [-0.39, 0.29) is 0 Å². The van der Waals surface area contributed by atoms with E-state index >= 15 is 0 Å². The molecule has 1 aliphatic rings. The molecule has 0 nitrogen and oxygen atoms in total. The van der Waals surface area contributed by atoms with Gasteiger partial charge in [-0.25, -0.2) is 0 Å². The number of aryl methyl sites for hydroxylation is 1. The Balaban J connectivity index is 2.15. The van der Waals surface area contributed by atoms with Gasteiger partial charge in [0.05, 0.1) is 0 Å². The molecule has 1 atom stereocenters. The minimum Gasteiger partial charge on any atom is -0.0800 e. The van der Waals surface area contributed by atoms with Crippen LogP contribution < -0.4 is 0 Å². The average molecular weight is 226 g/mol. The highest BCUT2D eigenvalue weighted by atomic mass is 14.3. The topological polar surface area (TPSA) is 0 Å². The zero-order chi connectivity index (χ0) is 12.5. The molecule has 0 amide bonds. The lowest BCUT2D eigenvalue weighted by molar-refractivity contribution is 0.294. The molecule has 0 radical (unpaired) electrons. The van der Waals surface area contributed by atoms with Gasteiger partial charge in [-0.15, -0.1) is 0 Å². The fourth-order valence-corrected chi connectivity index (χ4v) is 2.22. The Kier molecular flexibility index (Phi) is 3.24. The number of rotatable bonds is 1. The van der Waals surface area contributed by atoms with Gasteiger partial charge in [0.2, 0.25) is 0 Å². The third kappa shape index (κ3) is 2.88. The molecule has 1 unspecified atom stereocenters. The van der Waals surface area contributed by atoms with Gasteiger partial charge in [-0.2, -0.15) is 0 Å². The van der Waals surface area contributed by atoms with Crippen molar-refractivity contribution < 1.29 is 0 Å². The summed E-state index contributed by atoms with van der Waals surface area (Å²) < 4.78 is 0. The molecular formula is C17H22. The number of hydrogen-bond donors (Lipinski definition) is 0. The minimum atomic E-state index is 0.367. The normalized spacial score (nSPS) is 20.2. The van der Waals surface area contributed by atoms with Crippen LogP contribution in [0.2, 0.25) is 0 Å². The molecule has 0 aromatic heterocycles. The Morgan fingerprint density at radius 3 is 2.18 bits per heavy atom. The summed E-state index contributed by atoms with van der Waals surface area (Å²) in [6.07, 6.45) is 8.18. The van der Waals surface area contributed by atoms with Crippen molar-refractivity contribution in [1.82, 2.24) is 0 Å². The van der Waals surface area contributed by atoms with Crippen molar-refractivity contribution in [2.24, 2.45) is 11.3 Å². The second-order valence-electron chi connectivity index (χ2n) is 6.09. The van der Waals surface area contributed by atoms with Gasteiger partial charge in [0.1, 0.15) is 0 Å². The summed E-state index contributed by atoms with van der Waals surface area (Å²) >= 11 is 0. The number of benzene rings is 1. The summed E-state index contributed by atoms with van der Waals surface area (Å²) in [5.41, 5.74) is 4.39. The monoisotopic (exact) mass is 226 g/mol. The highest BCUT2D eigenvalue weighted by Gasteiger charge is 2.22. The molecule has 2 rings (SSSR count). The second kappa shape index (κ2) is 4.52. The number of allylic oxidation sites excluding steroid dienone is 4. The van der Waals surface area contributed by atoms with E-state index in [9.17, 15) is 0 Å². The molecule has 17 heavy (non-hydrogen) atoms. The van der Waals surface area contributed by atoms with Gasteiger partial charge < -0.3 is 0 Å². The summed E-state index contributed by atoms with van der Waals surface area (Å²) in [7, 11) is 0. The Hall–Kier alpha value is -1.30. The molecular weight excluding hydrogens is 204 g/mol. The molecule has 0 N–H and O–H groups in total. The SMILES string of the molecule is Cc1ccc(C2=CCC(C(C)(C)C)C=C2)cc1. The average Bonchev–Trinajstić information content (AvgIpc) is 2.29. The van der Waals surface area contributed by atoms with Gasteiger partial charge in [-0.3, -0.25) is 0 Å². The maximum atomic E-state index is 2.38. The molecule has 0 saturated heterocycles. The van der Waals surface area contributed by atoms with Gasteiger partial charge in [0.25, 0.3) is 0 Å². The molecule has 0 heterocycles. The fraction of sp³-hybridized carbons (Fsp3) is 0.412. The smallest absolute Gasteiger partial charge is 0.0147 e. The molecule has 0 saturated carbocycles. The first kappa shape index (κ1) is 12.2. The Bertz CT molecular complexity index is 438. The Morgan fingerprint density at radius 1 is 1.06 bits per heavy atom. The highest BCUT2D eigenvalue weighted by Crippen LogP contribution is 2.35. The van der Waals surface area contributed by atoms with E-state index in [0.717, 1.165) is 6.42 Å². The minimum absolute atomic E-state index is 0.367. The lowest BCUT2D eigenvalue weighted by Crippen LogP contribution is -2.19. The van der Waals surface area contributed by atoms with Crippen LogP contribution in [-0.4, -0.2) is 0 Å². The third-order valence-electron chi connectivity index (χ3n) is 3.60. The van der Waals surface area contributed by atoms with Crippen molar-refractivity contribution in [2.75, 3.05) is 0 Å². The fourth-order valence-electron chi connectivity index (χ4n) is 2.22. The van der Waals surface area contributed by atoms with Crippen LogP contribution >= 0.6 is 0 Å². The Labute approximate surface area is 105 Å². The van der Waals surface area contributed by atoms with Gasteiger partial charge in [0, 0.05) is 0 Å². The molecule has 1 aromatic carbocycles. The van der Waals surface area contributed by atoms with E-state index in [2.05, 4.69) is 70.2 Å². The first-order valence-corrected chi connectivity index (χ1v) is 6.42. The van der Waals surface area contributed by atoms with E-state index in [4.69, 9.17) is 0 Å². The van der Waals surface area contributed by atoms with Crippen molar-refractivity contribution in [3.8, 4) is 0 Å². The van der Waals surface area contributed by atoms with E-state index < -0.39 is 0 Å². The molecule has 0 spiro atoms. The predicted octanol–water partition coefficient (Wildman–Crippen LogP) is 5.00. The summed E-state index contributed by atoms with van der Waals surface area (Å²) in [6.45, 7) is 9.07. The van der Waals surface area contributed by atoms with Crippen molar-refractivity contribution in [1.29, 1.82) is 0 Å². The summed E-state index contributed by atoms with van der Waals surface area (Å²) in [6, 6.07) is 8.78. The van der Waals surface area contributed by atoms with Crippen molar-refractivity contribution in [2.45, 2.75) is 34.1 Å². The van der Waals surface area contributed by atoms with Crippen LogP contribution in [0.3, 0.4) is 0 Å². The zero-order valence-corrected chi connectivity index (χ0v) is 11.3. The molecule has 0 fully saturated rings. The standard InChI is InChI=1S/C17H22/c1-13-5-7-14(8-6-13)15-9-11-16(12-10-15)17(2,3)4/h5-11,16H,12H2,1-4H3. The van der Waals surface area contributed by atoms with Crippen molar-refractivity contribution >= 4 is 5.57 Å². The van der Waals surface area contributed by atoms with Crippen LogP contribution in [0.15, 0.2) is 42.5 Å². The lowest BCUT2D eigenvalue weighted by atomic mass is 9.76. The van der Waals surface area contributed by atoms with E-state index in [1.807, 2.05) is 0 Å². The summed E-state index contributed by atoms with van der Waals surface area (Å²) in [4.78, 5) is 0. The predicted molar refractivity (Wildman–Crippen MR) is 75.9 cm³/mol. The first-order chi connectivity index (χ1) is 7.97. The molecule has 0 heteroatoms. The molecule has 0 aliphatic heterocycles. The van der Waals surface area contributed by atoms with E-state index in [1.165, 1.54) is 16.7 Å². The zero-order valence-electron chi connectivity index (χ0n) is 11.3. The molecule has 90 valence electrons. The van der Waals surface area contributed by atoms with Gasteiger partial charge in [0.15, 0.2) is 0 Å². The van der Waals surface area contributed by atoms with Crippen LogP contribution in [0, 0.1) is 18.3 Å². The van der Waals surface area contributed by atoms with E-state index in [0.29, 0.717) is 11.3 Å². The quantitative estimate of drug-likeness (QED) is 0.632. The molecule has 1 aromatic rings. The van der Waals surface area contributed by atoms with Crippen LogP contribution in [0.25, 0.3) is 5.57 Å².